The maximum absolute atomic E-state index is 13.1. The van der Waals surface area contributed by atoms with Gasteiger partial charge >= 0.3 is 23.6 Å². The van der Waals surface area contributed by atoms with Gasteiger partial charge in [-0.05, 0) is 56.4 Å². The predicted molar refractivity (Wildman–Crippen MR) is 160 cm³/mol. The number of aryl methyl sites for hydroxylation is 4. The van der Waals surface area contributed by atoms with Crippen molar-refractivity contribution >= 4 is 35.9 Å². The Morgan fingerprint density at radius 3 is 2.11 bits per heavy atom. The molecular weight excluding hydrogens is 622 g/mol. The molecule has 0 saturated carbocycles. The molecule has 0 radical (unpaired) electrons. The van der Waals surface area contributed by atoms with E-state index in [0.29, 0.717) is 30.3 Å². The lowest BCUT2D eigenvalue weighted by Gasteiger charge is -2.17. The number of aliphatic imine (C=N–C) groups is 1. The Hall–Kier alpha value is -6.13. The van der Waals surface area contributed by atoms with Crippen LogP contribution < -0.4 is 28.4 Å². The van der Waals surface area contributed by atoms with Crippen LogP contribution in [0.3, 0.4) is 0 Å². The highest BCUT2D eigenvalue weighted by atomic mass is 16.6. The van der Waals surface area contributed by atoms with Crippen molar-refractivity contribution in [1.82, 2.24) is 10.3 Å². The van der Waals surface area contributed by atoms with Crippen LogP contribution in [-0.4, -0.2) is 41.1 Å². The molecule has 3 aromatic heterocycles. The minimum atomic E-state index is -1.31. The SMILES string of the molecule is Cc1oc(=O)oc1COC(=O)CC[C@H](NC(=O)c1ccc(CCc2c[nH]c(N=C(N)N)c2C=O)cc1)C(=O)OCc1oc(=O)oc1C. The van der Waals surface area contributed by atoms with E-state index in [2.05, 4.69) is 15.3 Å². The van der Waals surface area contributed by atoms with Crippen molar-refractivity contribution in [2.75, 3.05) is 0 Å². The van der Waals surface area contributed by atoms with E-state index in [9.17, 15) is 28.8 Å². The molecule has 0 aliphatic rings. The van der Waals surface area contributed by atoms with Crippen molar-refractivity contribution in [3.8, 4) is 0 Å². The second kappa shape index (κ2) is 15.2. The zero-order chi connectivity index (χ0) is 34.1. The highest BCUT2D eigenvalue weighted by Crippen LogP contribution is 2.22. The molecule has 0 fully saturated rings. The number of rotatable bonds is 15. The summed E-state index contributed by atoms with van der Waals surface area (Å²) >= 11 is 0. The Balaban J connectivity index is 1.38. The van der Waals surface area contributed by atoms with Gasteiger partial charge in [-0.15, -0.1) is 0 Å². The molecule has 6 N–H and O–H groups in total. The first-order valence-electron chi connectivity index (χ1n) is 14.1. The quantitative estimate of drug-likeness (QED) is 0.0614. The lowest BCUT2D eigenvalue weighted by atomic mass is 10.0. The average Bonchev–Trinajstić information content (AvgIpc) is 3.68. The van der Waals surface area contributed by atoms with E-state index in [1.807, 2.05) is 0 Å². The number of ether oxygens (including phenoxy) is 2. The van der Waals surface area contributed by atoms with Gasteiger partial charge in [-0.1, -0.05) is 12.1 Å². The van der Waals surface area contributed by atoms with Crippen molar-refractivity contribution in [2.24, 2.45) is 16.5 Å². The van der Waals surface area contributed by atoms with Gasteiger partial charge in [0.15, 0.2) is 48.5 Å². The molecule has 0 aliphatic heterocycles. The molecule has 4 rings (SSSR count). The van der Waals surface area contributed by atoms with Crippen molar-refractivity contribution in [1.29, 1.82) is 0 Å². The van der Waals surface area contributed by atoms with Crippen LogP contribution in [0.25, 0.3) is 0 Å². The largest absolute Gasteiger partial charge is 0.519 e. The number of hydrogen-bond acceptors (Lipinski definition) is 13. The van der Waals surface area contributed by atoms with Gasteiger partial charge in [0.05, 0.1) is 5.56 Å². The molecule has 47 heavy (non-hydrogen) atoms. The Labute approximate surface area is 264 Å². The Morgan fingerprint density at radius 2 is 1.55 bits per heavy atom. The van der Waals surface area contributed by atoms with Crippen molar-refractivity contribution < 1.29 is 46.3 Å². The summed E-state index contributed by atoms with van der Waals surface area (Å²) in [5.41, 5.74) is 12.9. The first-order chi connectivity index (χ1) is 22.4. The number of nitrogens with one attached hydrogen (secondary N) is 2. The minimum Gasteiger partial charge on any atom is -0.457 e. The van der Waals surface area contributed by atoms with Crippen LogP contribution in [0.15, 0.2) is 62.7 Å². The Morgan fingerprint density at radius 1 is 0.936 bits per heavy atom. The summed E-state index contributed by atoms with van der Waals surface area (Å²) in [7, 11) is 0. The molecule has 1 atom stereocenters. The van der Waals surface area contributed by atoms with Crippen LogP contribution in [0.5, 0.6) is 0 Å². The fourth-order valence-electron chi connectivity index (χ4n) is 4.35. The van der Waals surface area contributed by atoms with Gasteiger partial charge in [-0.2, -0.15) is 4.99 Å². The number of H-pyrrole nitrogens is 1. The molecule has 248 valence electrons. The Bertz CT molecular complexity index is 1890. The number of carbonyl (C=O) groups excluding carboxylic acids is 4. The summed E-state index contributed by atoms with van der Waals surface area (Å²) in [5.74, 6) is -3.89. The standard InChI is InChI=1S/C30H31N5O12/c1-15-22(46-29(40)44-15)13-42-24(37)10-9-21(27(39)43-14-23-16(2)45-30(41)47-23)34-26(38)18-6-3-17(4-7-18)5-8-19-11-33-25(20(19)12-36)35-28(31)32/h3-4,6-7,11-12,21,33H,5,8-10,13-14H2,1-2H3,(H,34,38)(H4,31,32,35)/t21-/m0/s1. The molecule has 0 unspecified atom stereocenters. The zero-order valence-corrected chi connectivity index (χ0v) is 25.3. The van der Waals surface area contributed by atoms with Gasteiger partial charge in [0.1, 0.15) is 11.9 Å². The summed E-state index contributed by atoms with van der Waals surface area (Å²) < 4.78 is 29.4. The number of benzene rings is 1. The molecule has 3 heterocycles. The van der Waals surface area contributed by atoms with Gasteiger partial charge in [0.25, 0.3) is 5.91 Å². The van der Waals surface area contributed by atoms with E-state index in [4.69, 9.17) is 38.6 Å². The van der Waals surface area contributed by atoms with Crippen molar-refractivity contribution in [3.05, 3.63) is 97.0 Å². The van der Waals surface area contributed by atoms with E-state index in [1.54, 1.807) is 30.5 Å². The van der Waals surface area contributed by atoms with Crippen LogP contribution in [0.4, 0.5) is 5.82 Å². The smallest absolute Gasteiger partial charge is 0.457 e. The molecule has 0 saturated heterocycles. The summed E-state index contributed by atoms with van der Waals surface area (Å²) in [4.78, 5) is 79.3. The third-order valence-electron chi connectivity index (χ3n) is 6.85. The minimum absolute atomic E-state index is 0.0206. The van der Waals surface area contributed by atoms with Crippen LogP contribution >= 0.6 is 0 Å². The highest BCUT2D eigenvalue weighted by Gasteiger charge is 2.26. The fraction of sp³-hybridized carbons (Fsp3) is 0.300. The zero-order valence-electron chi connectivity index (χ0n) is 25.3. The summed E-state index contributed by atoms with van der Waals surface area (Å²) in [6.45, 7) is 2.07. The molecule has 1 amide bonds. The Kier molecular flexibility index (Phi) is 10.9. The molecule has 4 aromatic rings. The van der Waals surface area contributed by atoms with E-state index in [-0.39, 0.29) is 59.8 Å². The first-order valence-corrected chi connectivity index (χ1v) is 14.1. The number of carbonyl (C=O) groups is 4. The predicted octanol–water partition coefficient (Wildman–Crippen LogP) is 1.59. The first kappa shape index (κ1) is 33.8. The molecule has 17 nitrogen and oxygen atoms in total. The number of nitrogens with zero attached hydrogens (tertiary/aromatic N) is 1. The summed E-state index contributed by atoms with van der Waals surface area (Å²) in [5, 5.41) is 2.55. The van der Waals surface area contributed by atoms with Crippen LogP contribution in [-0.2, 0) is 45.1 Å². The number of nitrogens with two attached hydrogens (primary N) is 2. The third kappa shape index (κ3) is 9.19. The van der Waals surface area contributed by atoms with Crippen molar-refractivity contribution in [3.63, 3.8) is 0 Å². The van der Waals surface area contributed by atoms with E-state index in [0.717, 1.165) is 5.56 Å². The van der Waals surface area contributed by atoms with E-state index < -0.39 is 42.1 Å². The van der Waals surface area contributed by atoms with E-state index in [1.165, 1.54) is 13.8 Å². The molecule has 17 heteroatoms. The number of aromatic nitrogens is 1. The van der Waals surface area contributed by atoms with Crippen molar-refractivity contribution in [2.45, 2.75) is 58.8 Å². The van der Waals surface area contributed by atoms with Gasteiger partial charge in [-0.25, -0.2) is 14.4 Å². The molecule has 1 aromatic carbocycles. The van der Waals surface area contributed by atoms with E-state index >= 15 is 0 Å². The lowest BCUT2D eigenvalue weighted by Crippen LogP contribution is -2.42. The number of aromatic amines is 1. The van der Waals surface area contributed by atoms with Crippen LogP contribution in [0, 0.1) is 13.8 Å². The molecule has 0 aliphatic carbocycles. The number of amides is 1. The number of hydrogen-bond donors (Lipinski definition) is 4. The fourth-order valence-corrected chi connectivity index (χ4v) is 4.35. The maximum atomic E-state index is 13.1. The average molecular weight is 654 g/mol. The molecular formula is C30H31N5O12. The molecule has 0 bridgehead atoms. The maximum Gasteiger partial charge on any atom is 0.519 e. The summed E-state index contributed by atoms with van der Waals surface area (Å²) in [6.07, 6.45) is 2.75. The van der Waals surface area contributed by atoms with Gasteiger partial charge in [0.2, 0.25) is 0 Å². The molecule has 0 spiro atoms. The second-order valence-corrected chi connectivity index (χ2v) is 10.1. The van der Waals surface area contributed by atoms with Crippen LogP contribution in [0.2, 0.25) is 0 Å². The highest BCUT2D eigenvalue weighted by molar-refractivity contribution is 5.97. The number of guanidine groups is 1. The normalized spacial score (nSPS) is 11.4. The second-order valence-electron chi connectivity index (χ2n) is 10.1. The topological polar surface area (TPSA) is 266 Å². The van der Waals surface area contributed by atoms with Gasteiger partial charge in [-0.3, -0.25) is 14.4 Å². The van der Waals surface area contributed by atoms with Gasteiger partial charge < -0.3 is 48.9 Å². The van der Waals surface area contributed by atoms with Crippen LogP contribution in [0.1, 0.15) is 67.7 Å². The number of esters is 2. The third-order valence-corrected chi connectivity index (χ3v) is 6.85. The monoisotopic (exact) mass is 653 g/mol. The number of aldehydes is 1. The summed E-state index contributed by atoms with van der Waals surface area (Å²) in [6, 6.07) is 5.22. The lowest BCUT2D eigenvalue weighted by molar-refractivity contribution is -0.149. The van der Waals surface area contributed by atoms with Gasteiger partial charge in [0, 0.05) is 18.2 Å².